The third kappa shape index (κ3) is 8.37. The van der Waals surface area contributed by atoms with Gasteiger partial charge in [0.1, 0.15) is 11.9 Å². The van der Waals surface area contributed by atoms with Gasteiger partial charge in [0, 0.05) is 30.5 Å². The highest BCUT2D eigenvalue weighted by atomic mass is 32.2. The number of nitrogens with zero attached hydrogens (tertiary/aromatic N) is 3. The number of fused-ring (bicyclic) bond motifs is 1. The van der Waals surface area contributed by atoms with Gasteiger partial charge in [-0.2, -0.15) is 13.2 Å². The molecule has 1 aliphatic heterocycles. The van der Waals surface area contributed by atoms with Crippen LogP contribution < -0.4 is 20.1 Å². The third-order valence-corrected chi connectivity index (χ3v) is 9.05. The van der Waals surface area contributed by atoms with Crippen molar-refractivity contribution < 1.29 is 35.5 Å². The highest BCUT2D eigenvalue weighted by Gasteiger charge is 2.32. The number of nitrogens with one attached hydrogen (secondary N) is 3. The summed E-state index contributed by atoms with van der Waals surface area (Å²) in [5.41, 5.74) is 1.28. The van der Waals surface area contributed by atoms with Gasteiger partial charge in [-0.05, 0) is 62.6 Å². The van der Waals surface area contributed by atoms with Crippen molar-refractivity contribution in [3.05, 3.63) is 53.5 Å². The zero-order valence-corrected chi connectivity index (χ0v) is 25.6. The number of halogens is 4. The predicted molar refractivity (Wildman–Crippen MR) is 162 cm³/mol. The Bertz CT molecular complexity index is 1730. The predicted octanol–water partition coefficient (Wildman–Crippen LogP) is 3.84. The Kier molecular flexibility index (Phi) is 9.45. The molecule has 0 unspecified atom stereocenters. The highest BCUT2D eigenvalue weighted by Crippen LogP contribution is 2.31. The lowest BCUT2D eigenvalue weighted by molar-refractivity contribution is -0.128. The van der Waals surface area contributed by atoms with Crippen LogP contribution in [-0.2, 0) is 16.4 Å². The van der Waals surface area contributed by atoms with E-state index in [9.17, 15) is 30.8 Å². The van der Waals surface area contributed by atoms with Gasteiger partial charge in [-0.3, -0.25) is 4.79 Å². The first-order valence-electron chi connectivity index (χ1n) is 14.4. The van der Waals surface area contributed by atoms with E-state index in [1.807, 2.05) is 16.7 Å². The number of likely N-dealkylation sites (tertiary alicyclic amines) is 1. The quantitative estimate of drug-likeness (QED) is 0.224. The number of rotatable bonds is 10. The van der Waals surface area contributed by atoms with Crippen LogP contribution in [-0.4, -0.2) is 86.5 Å². The Morgan fingerprint density at radius 1 is 1.18 bits per heavy atom. The number of hydrogen-bond donors (Lipinski definition) is 3. The summed E-state index contributed by atoms with van der Waals surface area (Å²) in [5.74, 6) is 4.71. The first kappa shape index (κ1) is 32.4. The first-order chi connectivity index (χ1) is 21.3. The molecule has 0 spiro atoms. The minimum absolute atomic E-state index is 0.00666. The molecule has 2 atom stereocenters. The molecule has 0 aromatic carbocycles. The monoisotopic (exact) mass is 650 g/mol. The zero-order chi connectivity index (χ0) is 32.4. The number of anilines is 2. The van der Waals surface area contributed by atoms with E-state index in [0.717, 1.165) is 12.8 Å². The minimum Gasteiger partial charge on any atom is -0.480 e. The van der Waals surface area contributed by atoms with Crippen molar-refractivity contribution in [2.24, 2.45) is 5.92 Å². The molecule has 0 radical (unpaired) electrons. The van der Waals surface area contributed by atoms with Crippen LogP contribution in [0.15, 0.2) is 36.5 Å². The summed E-state index contributed by atoms with van der Waals surface area (Å²) in [5, 5.41) is 6.15. The van der Waals surface area contributed by atoms with E-state index in [2.05, 4.69) is 27.5 Å². The van der Waals surface area contributed by atoms with Gasteiger partial charge in [0.15, 0.2) is 0 Å². The Labute approximate surface area is 258 Å². The smallest absolute Gasteiger partial charge is 0.394 e. The fourth-order valence-corrected chi connectivity index (χ4v) is 6.66. The van der Waals surface area contributed by atoms with Gasteiger partial charge in [0.05, 0.1) is 48.8 Å². The van der Waals surface area contributed by atoms with E-state index in [0.29, 0.717) is 29.9 Å². The van der Waals surface area contributed by atoms with Crippen LogP contribution in [0, 0.1) is 17.8 Å². The van der Waals surface area contributed by atoms with Crippen molar-refractivity contribution in [3.8, 4) is 17.7 Å². The second kappa shape index (κ2) is 13.1. The molecule has 1 amide bonds. The van der Waals surface area contributed by atoms with Gasteiger partial charge in [-0.25, -0.2) is 22.5 Å². The Morgan fingerprint density at radius 3 is 2.64 bits per heavy atom. The van der Waals surface area contributed by atoms with Crippen molar-refractivity contribution in [3.63, 3.8) is 0 Å². The average Bonchev–Trinajstić information content (AvgIpc) is 3.71. The van der Waals surface area contributed by atoms with Crippen LogP contribution in [0.25, 0.3) is 5.52 Å². The van der Waals surface area contributed by atoms with Gasteiger partial charge in [-0.15, -0.1) is 0 Å². The maximum atomic E-state index is 14.7. The number of methoxy groups -OCH3 is 1. The molecular formula is C30H34F4N6O4S. The number of amides is 1. The summed E-state index contributed by atoms with van der Waals surface area (Å²) in [6.45, 7) is 0.953. The van der Waals surface area contributed by atoms with Crippen LogP contribution in [0.1, 0.15) is 41.0 Å². The number of hydrogen-bond acceptors (Lipinski definition) is 8. The van der Waals surface area contributed by atoms with Crippen molar-refractivity contribution in [1.82, 2.24) is 19.0 Å². The van der Waals surface area contributed by atoms with Crippen LogP contribution in [0.5, 0.6) is 5.88 Å². The molecule has 1 saturated heterocycles. The lowest BCUT2D eigenvalue weighted by Gasteiger charge is -2.33. The number of carbonyl (C=O) groups excluding carboxylic acids is 1. The number of pyridine rings is 2. The number of sulfonamides is 1. The molecule has 45 heavy (non-hydrogen) atoms. The summed E-state index contributed by atoms with van der Waals surface area (Å²) in [4.78, 5) is 18.4. The van der Waals surface area contributed by atoms with Gasteiger partial charge >= 0.3 is 6.18 Å². The van der Waals surface area contributed by atoms with Crippen LogP contribution in [0.4, 0.5) is 28.9 Å². The lowest BCUT2D eigenvalue weighted by Crippen LogP contribution is -2.46. The molecular weight excluding hydrogens is 616 g/mol. The standard InChI is InChI=1S/C30H34F4N6O4S/c1-39-14-11-22(21(31)17-39)36-23-6-4-13-40-26(23)15-20(27(40)16-30(32,33)34)5-3-12-35-25-10-9-24(37-29(25)44-2)28(41)38-45(42,43)18-19-7-8-19/h4,6,9-10,13,15,19,21-22,35-36H,7-8,11-12,14,16-18H2,1-2H3,(H,38,41)/t21-,22+/m0/s1. The summed E-state index contributed by atoms with van der Waals surface area (Å²) >= 11 is 0. The maximum Gasteiger partial charge on any atom is 0.394 e. The maximum absolute atomic E-state index is 14.7. The summed E-state index contributed by atoms with van der Waals surface area (Å²) < 4.78 is 88.5. The first-order valence-corrected chi connectivity index (χ1v) is 16.1. The molecule has 10 nitrogen and oxygen atoms in total. The molecule has 5 rings (SSSR count). The van der Waals surface area contributed by atoms with Gasteiger partial charge in [0.25, 0.3) is 5.91 Å². The molecule has 2 aliphatic rings. The molecule has 0 bridgehead atoms. The Balaban J connectivity index is 1.32. The molecule has 15 heteroatoms. The van der Waals surface area contributed by atoms with Crippen molar-refractivity contribution in [2.75, 3.05) is 50.2 Å². The SMILES string of the molecule is COc1nc(C(=O)NS(=O)(=O)CC2CC2)ccc1NCC#Cc1cc2c(N[C@@H]3CCN(C)C[C@@H]3F)cccn2c1CC(F)(F)F. The average molecular weight is 651 g/mol. The van der Waals surface area contributed by atoms with Crippen LogP contribution in [0.3, 0.4) is 0 Å². The van der Waals surface area contributed by atoms with E-state index in [1.165, 1.54) is 29.8 Å². The van der Waals surface area contributed by atoms with Gasteiger partial charge in [-0.1, -0.05) is 11.8 Å². The summed E-state index contributed by atoms with van der Waals surface area (Å²) in [6, 6.07) is 7.20. The van der Waals surface area contributed by atoms with E-state index in [1.54, 1.807) is 18.2 Å². The summed E-state index contributed by atoms with van der Waals surface area (Å²) in [6.07, 6.45) is -3.13. The largest absolute Gasteiger partial charge is 0.480 e. The minimum atomic E-state index is -4.49. The molecule has 1 saturated carbocycles. The van der Waals surface area contributed by atoms with Gasteiger partial charge < -0.3 is 24.7 Å². The number of ether oxygens (including phenoxy) is 1. The van der Waals surface area contributed by atoms with Crippen molar-refractivity contribution in [2.45, 2.75) is 44.1 Å². The Morgan fingerprint density at radius 2 is 1.96 bits per heavy atom. The molecule has 1 aliphatic carbocycles. The number of carbonyl (C=O) groups is 1. The van der Waals surface area contributed by atoms with Crippen molar-refractivity contribution in [1.29, 1.82) is 0 Å². The van der Waals surface area contributed by atoms with E-state index >= 15 is 0 Å². The summed E-state index contributed by atoms with van der Waals surface area (Å²) in [7, 11) is -0.626. The van der Waals surface area contributed by atoms with Gasteiger partial charge in [0.2, 0.25) is 15.9 Å². The van der Waals surface area contributed by atoms with E-state index < -0.39 is 40.7 Å². The van der Waals surface area contributed by atoms with Crippen LogP contribution in [0.2, 0.25) is 0 Å². The topological polar surface area (TPSA) is 117 Å². The highest BCUT2D eigenvalue weighted by molar-refractivity contribution is 7.90. The van der Waals surface area contributed by atoms with Crippen molar-refractivity contribution >= 4 is 32.8 Å². The normalized spacial score (nSPS) is 19.1. The molecule has 4 heterocycles. The lowest BCUT2D eigenvalue weighted by atomic mass is 10.0. The second-order valence-corrected chi connectivity index (χ2v) is 13.1. The fourth-order valence-electron chi connectivity index (χ4n) is 5.24. The molecule has 3 aromatic heterocycles. The molecule has 242 valence electrons. The third-order valence-electron chi connectivity index (χ3n) is 7.65. The number of alkyl halides is 4. The molecule has 2 fully saturated rings. The molecule has 3 aromatic rings. The molecule has 3 N–H and O–H groups in total. The zero-order valence-electron chi connectivity index (χ0n) is 24.7. The second-order valence-electron chi connectivity index (χ2n) is 11.4. The Hall–Kier alpha value is -4.03. The van der Waals surface area contributed by atoms with E-state index in [-0.39, 0.29) is 47.6 Å². The number of aromatic nitrogens is 2. The number of piperidine rings is 1. The van der Waals surface area contributed by atoms with E-state index in [4.69, 9.17) is 4.74 Å². The fraction of sp³-hybridized carbons (Fsp3) is 0.467. The van der Waals surface area contributed by atoms with Crippen LogP contribution >= 0.6 is 0 Å².